The van der Waals surface area contributed by atoms with E-state index in [1.807, 2.05) is 0 Å². The zero-order valence-electron chi connectivity index (χ0n) is 11.1. The van der Waals surface area contributed by atoms with E-state index in [1.54, 1.807) is 0 Å². The van der Waals surface area contributed by atoms with Gasteiger partial charge in [0.1, 0.15) is 0 Å². The van der Waals surface area contributed by atoms with E-state index in [2.05, 4.69) is 32.9 Å². The predicted octanol–water partition coefficient (Wildman–Crippen LogP) is 2.11. The van der Waals surface area contributed by atoms with E-state index >= 15 is 0 Å². The molecule has 0 radical (unpaired) electrons. The molecule has 98 valence electrons. The van der Waals surface area contributed by atoms with Crippen LogP contribution in [-0.2, 0) is 9.53 Å². The maximum atomic E-state index is 12.4. The SMILES string of the molecule is C[C@H]1[C@@H]2C=CC3(C)[C@@]1(C)CC[C@@]31C(=O)O[C@@H](O)[C@H]21. The molecule has 0 aromatic carbocycles. The minimum Gasteiger partial charge on any atom is -0.435 e. The van der Waals surface area contributed by atoms with Crippen molar-refractivity contribution in [3.8, 4) is 0 Å². The van der Waals surface area contributed by atoms with Gasteiger partial charge in [0.15, 0.2) is 0 Å². The molecule has 2 saturated carbocycles. The topological polar surface area (TPSA) is 46.5 Å². The van der Waals surface area contributed by atoms with E-state index in [-0.39, 0.29) is 28.6 Å². The van der Waals surface area contributed by atoms with Gasteiger partial charge in [-0.25, -0.2) is 0 Å². The van der Waals surface area contributed by atoms with Crippen LogP contribution in [0.4, 0.5) is 0 Å². The lowest BCUT2D eigenvalue weighted by molar-refractivity contribution is -0.162. The van der Waals surface area contributed by atoms with Crippen LogP contribution in [0.15, 0.2) is 12.2 Å². The van der Waals surface area contributed by atoms with Gasteiger partial charge in [-0.1, -0.05) is 32.9 Å². The maximum Gasteiger partial charge on any atom is 0.315 e. The quantitative estimate of drug-likeness (QED) is 0.527. The van der Waals surface area contributed by atoms with Gasteiger partial charge in [-0.3, -0.25) is 4.79 Å². The van der Waals surface area contributed by atoms with Crippen LogP contribution in [-0.4, -0.2) is 17.4 Å². The molecule has 5 rings (SSSR count). The Hall–Kier alpha value is -0.830. The van der Waals surface area contributed by atoms with Gasteiger partial charge in [-0.15, -0.1) is 0 Å². The third-order valence-electron chi connectivity index (χ3n) is 7.27. The zero-order chi connectivity index (χ0) is 12.9. The molecule has 4 bridgehead atoms. The molecule has 1 spiro atoms. The van der Waals surface area contributed by atoms with Crippen molar-refractivity contribution < 1.29 is 14.6 Å². The smallest absolute Gasteiger partial charge is 0.315 e. The molecule has 3 fully saturated rings. The molecule has 5 aliphatic rings. The fourth-order valence-electron chi connectivity index (χ4n) is 5.86. The number of allylic oxidation sites excluding steroid dienone is 2. The van der Waals surface area contributed by atoms with E-state index < -0.39 is 11.7 Å². The molecule has 1 unspecified atom stereocenters. The summed E-state index contributed by atoms with van der Waals surface area (Å²) in [6.07, 6.45) is 5.50. The number of ether oxygens (including phenoxy) is 1. The van der Waals surface area contributed by atoms with Crippen molar-refractivity contribution in [1.82, 2.24) is 0 Å². The number of aliphatic hydroxyl groups excluding tert-OH is 1. The number of cyclic esters (lactones) is 1. The molecule has 3 nitrogen and oxygen atoms in total. The first kappa shape index (κ1) is 11.0. The molecule has 0 aromatic rings. The summed E-state index contributed by atoms with van der Waals surface area (Å²) in [5.41, 5.74) is -0.466. The van der Waals surface area contributed by atoms with Crippen molar-refractivity contribution in [2.45, 2.75) is 39.9 Å². The van der Waals surface area contributed by atoms with Gasteiger partial charge in [0.25, 0.3) is 0 Å². The Kier molecular flexibility index (Phi) is 1.65. The molecule has 1 heterocycles. The van der Waals surface area contributed by atoms with E-state index in [0.717, 1.165) is 12.8 Å². The molecule has 18 heavy (non-hydrogen) atoms. The summed E-state index contributed by atoms with van der Waals surface area (Å²) in [5.74, 6) is 0.580. The lowest BCUT2D eigenvalue weighted by atomic mass is 9.40. The molecule has 1 saturated heterocycles. The fraction of sp³-hybridized carbons (Fsp3) is 0.800. The molecule has 1 N–H and O–H groups in total. The first-order valence-electron chi connectivity index (χ1n) is 6.97. The van der Waals surface area contributed by atoms with Gasteiger partial charge in [-0.05, 0) is 30.1 Å². The number of aliphatic hydroxyl groups is 1. The minimum atomic E-state index is -0.906. The summed E-state index contributed by atoms with van der Waals surface area (Å²) < 4.78 is 5.25. The number of hydrogen-bond acceptors (Lipinski definition) is 3. The lowest BCUT2D eigenvalue weighted by Crippen LogP contribution is -2.61. The van der Waals surface area contributed by atoms with Crippen molar-refractivity contribution in [1.29, 1.82) is 0 Å². The molecule has 4 aliphatic carbocycles. The highest BCUT2D eigenvalue weighted by atomic mass is 16.6. The van der Waals surface area contributed by atoms with Crippen LogP contribution in [0.1, 0.15) is 33.6 Å². The highest BCUT2D eigenvalue weighted by Crippen LogP contribution is 2.79. The second-order valence-electron chi connectivity index (χ2n) is 7.14. The van der Waals surface area contributed by atoms with Gasteiger partial charge >= 0.3 is 5.97 Å². The Morgan fingerprint density at radius 2 is 2.11 bits per heavy atom. The maximum absolute atomic E-state index is 12.4. The van der Waals surface area contributed by atoms with Crippen LogP contribution >= 0.6 is 0 Å². The van der Waals surface area contributed by atoms with Crippen LogP contribution in [0.3, 0.4) is 0 Å². The predicted molar refractivity (Wildman–Crippen MR) is 65.3 cm³/mol. The average Bonchev–Trinajstić information content (AvgIpc) is 2.69. The molecule has 3 heteroatoms. The molecule has 0 aromatic heterocycles. The highest BCUT2D eigenvalue weighted by Gasteiger charge is 2.80. The fourth-order valence-corrected chi connectivity index (χ4v) is 5.86. The van der Waals surface area contributed by atoms with E-state index in [4.69, 9.17) is 4.74 Å². The van der Waals surface area contributed by atoms with Crippen molar-refractivity contribution >= 4 is 5.97 Å². The van der Waals surface area contributed by atoms with Crippen LogP contribution < -0.4 is 0 Å². The largest absolute Gasteiger partial charge is 0.435 e. The van der Waals surface area contributed by atoms with Crippen molar-refractivity contribution in [3.05, 3.63) is 12.2 Å². The number of carbonyl (C=O) groups excluding carboxylic acids is 1. The third-order valence-corrected chi connectivity index (χ3v) is 7.27. The van der Waals surface area contributed by atoms with Gasteiger partial charge in [0, 0.05) is 11.3 Å². The Bertz CT molecular complexity index is 484. The van der Waals surface area contributed by atoms with E-state index in [0.29, 0.717) is 5.92 Å². The van der Waals surface area contributed by atoms with Gasteiger partial charge in [-0.2, -0.15) is 0 Å². The normalized spacial score (nSPS) is 64.1. The van der Waals surface area contributed by atoms with Gasteiger partial charge in [0.05, 0.1) is 5.41 Å². The van der Waals surface area contributed by atoms with Crippen molar-refractivity contribution in [2.75, 3.05) is 0 Å². The third kappa shape index (κ3) is 0.740. The van der Waals surface area contributed by atoms with Crippen molar-refractivity contribution in [2.24, 2.45) is 34.0 Å². The van der Waals surface area contributed by atoms with Crippen LogP contribution in [0.25, 0.3) is 0 Å². The monoisotopic (exact) mass is 248 g/mol. The Morgan fingerprint density at radius 1 is 1.39 bits per heavy atom. The highest BCUT2D eigenvalue weighted by molar-refractivity contribution is 5.83. The first-order valence-corrected chi connectivity index (χ1v) is 6.97. The lowest BCUT2D eigenvalue weighted by Gasteiger charge is -2.61. The summed E-state index contributed by atoms with van der Waals surface area (Å²) in [4.78, 5) is 12.4. The number of esters is 1. The number of carbonyl (C=O) groups is 1. The molecule has 1 aliphatic heterocycles. The van der Waals surface area contributed by atoms with Crippen LogP contribution in [0.5, 0.6) is 0 Å². The summed E-state index contributed by atoms with van der Waals surface area (Å²) in [5, 5.41) is 10.2. The summed E-state index contributed by atoms with van der Waals surface area (Å²) in [6.45, 7) is 6.79. The second-order valence-corrected chi connectivity index (χ2v) is 7.14. The number of rotatable bonds is 0. The summed E-state index contributed by atoms with van der Waals surface area (Å²) in [6, 6.07) is 0. The molecular formula is C15H20O3. The van der Waals surface area contributed by atoms with Crippen LogP contribution in [0.2, 0.25) is 0 Å². The minimum absolute atomic E-state index is 0.0365. The molecule has 0 amide bonds. The zero-order valence-corrected chi connectivity index (χ0v) is 11.1. The van der Waals surface area contributed by atoms with Gasteiger partial charge < -0.3 is 9.84 Å². The second kappa shape index (κ2) is 2.69. The van der Waals surface area contributed by atoms with Crippen molar-refractivity contribution in [3.63, 3.8) is 0 Å². The number of hydrogen-bond donors (Lipinski definition) is 1. The van der Waals surface area contributed by atoms with Gasteiger partial charge in [0.2, 0.25) is 6.29 Å². The standard InChI is InChI=1S/C15H20O3/c1-8-9-4-5-14(3)13(8,2)6-7-15(14)10(9)11(16)18-12(15)17/h4-5,8-11,16H,6-7H2,1-3H3/t8-,9-,10-,11+,13-,14?,15+/m0/s1. The van der Waals surface area contributed by atoms with E-state index in [9.17, 15) is 9.90 Å². The molecular weight excluding hydrogens is 228 g/mol. The van der Waals surface area contributed by atoms with E-state index in [1.165, 1.54) is 0 Å². The first-order chi connectivity index (χ1) is 8.38. The summed E-state index contributed by atoms with van der Waals surface area (Å²) in [7, 11) is 0. The summed E-state index contributed by atoms with van der Waals surface area (Å²) >= 11 is 0. The Balaban J connectivity index is 2.04. The Morgan fingerprint density at radius 3 is 2.83 bits per heavy atom. The van der Waals surface area contributed by atoms with Crippen LogP contribution in [0, 0.1) is 34.0 Å². The Labute approximate surface area is 107 Å². The average molecular weight is 248 g/mol. The molecule has 7 atom stereocenters.